The Morgan fingerprint density at radius 3 is 2.52 bits per heavy atom. The van der Waals surface area contributed by atoms with Gasteiger partial charge in [0, 0.05) is 23.2 Å². The van der Waals surface area contributed by atoms with E-state index in [1.54, 1.807) is 6.07 Å². The number of benzene rings is 2. The molecule has 0 aromatic heterocycles. The van der Waals surface area contributed by atoms with E-state index in [1.165, 1.54) is 6.07 Å². The minimum atomic E-state index is -0.449. The zero-order chi connectivity index (χ0) is 15.4. The van der Waals surface area contributed by atoms with Gasteiger partial charge in [-0.15, -0.1) is 0 Å². The van der Waals surface area contributed by atoms with E-state index >= 15 is 0 Å². The lowest BCUT2D eigenvalue weighted by Crippen LogP contribution is -2.09. The van der Waals surface area contributed by atoms with Gasteiger partial charge in [0.2, 0.25) is 0 Å². The highest BCUT2D eigenvalue weighted by Crippen LogP contribution is 2.29. The summed E-state index contributed by atoms with van der Waals surface area (Å²) < 4.78 is 20.2. The lowest BCUT2D eigenvalue weighted by atomic mass is 10.2. The number of nitrogens with one attached hydrogen (secondary N) is 1. The largest absolute Gasteiger partial charge is 0.488 e. The number of rotatable bonds is 5. The van der Waals surface area contributed by atoms with E-state index in [0.29, 0.717) is 17.9 Å². The van der Waals surface area contributed by atoms with Crippen molar-refractivity contribution < 1.29 is 9.13 Å². The molecule has 2 aromatic carbocycles. The standard InChI is InChI=1S/C16H18BrFN2O/c1-10(2)21-16-8-15(14(19)7-13(16)18)20-9-11-3-5-12(17)6-4-11/h3-8,10,20H,9,19H2,1-2H3. The molecular formula is C16H18BrFN2O. The van der Waals surface area contributed by atoms with Crippen LogP contribution in [0, 0.1) is 5.82 Å². The van der Waals surface area contributed by atoms with Gasteiger partial charge in [0.1, 0.15) is 0 Å². The topological polar surface area (TPSA) is 47.3 Å². The summed E-state index contributed by atoms with van der Waals surface area (Å²) in [5.74, 6) is -0.243. The van der Waals surface area contributed by atoms with E-state index in [0.717, 1.165) is 10.0 Å². The van der Waals surface area contributed by atoms with E-state index in [-0.39, 0.29) is 11.9 Å². The molecule has 0 radical (unpaired) electrons. The summed E-state index contributed by atoms with van der Waals surface area (Å²) in [7, 11) is 0. The van der Waals surface area contributed by atoms with Crippen LogP contribution in [-0.2, 0) is 6.54 Å². The molecule has 0 saturated carbocycles. The van der Waals surface area contributed by atoms with Gasteiger partial charge in [-0.2, -0.15) is 0 Å². The Morgan fingerprint density at radius 2 is 1.90 bits per heavy atom. The highest BCUT2D eigenvalue weighted by atomic mass is 79.9. The van der Waals surface area contributed by atoms with Crippen molar-refractivity contribution in [3.05, 3.63) is 52.3 Å². The van der Waals surface area contributed by atoms with Crippen molar-refractivity contribution in [1.82, 2.24) is 0 Å². The monoisotopic (exact) mass is 352 g/mol. The SMILES string of the molecule is CC(C)Oc1cc(NCc2ccc(Br)cc2)c(N)cc1F. The lowest BCUT2D eigenvalue weighted by molar-refractivity contribution is 0.231. The normalized spacial score (nSPS) is 10.7. The molecule has 2 aromatic rings. The number of hydrogen-bond acceptors (Lipinski definition) is 3. The van der Waals surface area contributed by atoms with E-state index in [9.17, 15) is 4.39 Å². The Kier molecular flexibility index (Phi) is 5.07. The maximum absolute atomic E-state index is 13.8. The highest BCUT2D eigenvalue weighted by Gasteiger charge is 2.10. The van der Waals surface area contributed by atoms with Gasteiger partial charge in [-0.1, -0.05) is 28.1 Å². The van der Waals surface area contributed by atoms with Crippen LogP contribution in [0.4, 0.5) is 15.8 Å². The molecule has 0 spiro atoms. The maximum Gasteiger partial charge on any atom is 0.167 e. The van der Waals surface area contributed by atoms with Crippen LogP contribution in [0.15, 0.2) is 40.9 Å². The molecule has 0 saturated heterocycles. The van der Waals surface area contributed by atoms with Gasteiger partial charge in [0.05, 0.1) is 17.5 Å². The van der Waals surface area contributed by atoms with Gasteiger partial charge in [0.15, 0.2) is 11.6 Å². The lowest BCUT2D eigenvalue weighted by Gasteiger charge is -2.15. The Balaban J connectivity index is 2.13. The fourth-order valence-corrected chi connectivity index (χ4v) is 2.13. The summed E-state index contributed by atoms with van der Waals surface area (Å²) in [5, 5.41) is 3.20. The summed E-state index contributed by atoms with van der Waals surface area (Å²) in [4.78, 5) is 0. The Hall–Kier alpha value is -1.75. The minimum absolute atomic E-state index is 0.0950. The highest BCUT2D eigenvalue weighted by molar-refractivity contribution is 9.10. The molecule has 0 unspecified atom stereocenters. The van der Waals surface area contributed by atoms with Crippen molar-refractivity contribution in [3.8, 4) is 5.75 Å². The first-order chi connectivity index (χ1) is 9.95. The molecule has 0 aliphatic rings. The number of anilines is 2. The zero-order valence-corrected chi connectivity index (χ0v) is 13.6. The van der Waals surface area contributed by atoms with Gasteiger partial charge in [-0.3, -0.25) is 0 Å². The summed E-state index contributed by atoms with van der Waals surface area (Å²) in [5.41, 5.74) is 7.97. The molecule has 0 bridgehead atoms. The Morgan fingerprint density at radius 1 is 1.24 bits per heavy atom. The first-order valence-electron chi connectivity index (χ1n) is 6.69. The first kappa shape index (κ1) is 15.6. The predicted octanol–water partition coefficient (Wildman–Crippen LogP) is 4.57. The fourth-order valence-electron chi connectivity index (χ4n) is 1.87. The molecule has 0 atom stereocenters. The number of nitrogen functional groups attached to an aromatic ring is 1. The van der Waals surface area contributed by atoms with Gasteiger partial charge in [0.25, 0.3) is 0 Å². The van der Waals surface area contributed by atoms with Crippen molar-refractivity contribution >= 4 is 27.3 Å². The zero-order valence-electron chi connectivity index (χ0n) is 12.0. The van der Waals surface area contributed by atoms with E-state index in [4.69, 9.17) is 10.5 Å². The van der Waals surface area contributed by atoms with Crippen LogP contribution >= 0.6 is 15.9 Å². The van der Waals surface area contributed by atoms with Gasteiger partial charge >= 0.3 is 0 Å². The average Bonchev–Trinajstić information content (AvgIpc) is 2.42. The van der Waals surface area contributed by atoms with Crippen molar-refractivity contribution in [2.45, 2.75) is 26.5 Å². The van der Waals surface area contributed by atoms with Gasteiger partial charge in [-0.05, 0) is 31.5 Å². The number of nitrogens with two attached hydrogens (primary N) is 1. The van der Waals surface area contributed by atoms with Crippen LogP contribution < -0.4 is 15.8 Å². The molecule has 0 fully saturated rings. The van der Waals surface area contributed by atoms with Crippen molar-refractivity contribution in [3.63, 3.8) is 0 Å². The molecular weight excluding hydrogens is 335 g/mol. The van der Waals surface area contributed by atoms with E-state index < -0.39 is 5.82 Å². The third kappa shape index (κ3) is 4.36. The third-order valence-electron chi connectivity index (χ3n) is 2.86. The van der Waals surface area contributed by atoms with Crippen LogP contribution in [0.2, 0.25) is 0 Å². The second-order valence-electron chi connectivity index (χ2n) is 5.02. The smallest absolute Gasteiger partial charge is 0.167 e. The Labute approximate surface area is 132 Å². The summed E-state index contributed by atoms with van der Waals surface area (Å²) >= 11 is 3.39. The van der Waals surface area contributed by atoms with Crippen LogP contribution in [0.1, 0.15) is 19.4 Å². The molecule has 0 amide bonds. The van der Waals surface area contributed by atoms with E-state index in [2.05, 4.69) is 21.2 Å². The number of halogens is 2. The molecule has 3 nitrogen and oxygen atoms in total. The van der Waals surface area contributed by atoms with Crippen LogP contribution in [0.25, 0.3) is 0 Å². The van der Waals surface area contributed by atoms with Crippen molar-refractivity contribution in [1.29, 1.82) is 0 Å². The summed E-state index contributed by atoms with van der Waals surface area (Å²) in [6, 6.07) is 10.8. The quantitative estimate of drug-likeness (QED) is 0.774. The second-order valence-corrected chi connectivity index (χ2v) is 5.93. The molecule has 5 heteroatoms. The van der Waals surface area contributed by atoms with Crippen LogP contribution in [0.5, 0.6) is 5.75 Å². The molecule has 0 heterocycles. The van der Waals surface area contributed by atoms with Crippen LogP contribution in [0.3, 0.4) is 0 Å². The summed E-state index contributed by atoms with van der Waals surface area (Å²) in [6.07, 6.45) is -0.0950. The van der Waals surface area contributed by atoms with Gasteiger partial charge < -0.3 is 15.8 Å². The Bertz CT molecular complexity index is 614. The van der Waals surface area contributed by atoms with E-state index in [1.807, 2.05) is 38.1 Å². The van der Waals surface area contributed by atoms with Crippen LogP contribution in [-0.4, -0.2) is 6.10 Å². The number of ether oxygens (including phenoxy) is 1. The van der Waals surface area contributed by atoms with Crippen molar-refractivity contribution in [2.24, 2.45) is 0 Å². The third-order valence-corrected chi connectivity index (χ3v) is 3.39. The number of hydrogen-bond donors (Lipinski definition) is 2. The summed E-state index contributed by atoms with van der Waals surface area (Å²) in [6.45, 7) is 4.31. The molecule has 0 aliphatic heterocycles. The molecule has 112 valence electrons. The molecule has 2 rings (SSSR count). The average molecular weight is 353 g/mol. The minimum Gasteiger partial charge on any atom is -0.488 e. The predicted molar refractivity (Wildman–Crippen MR) is 88.0 cm³/mol. The molecule has 0 aliphatic carbocycles. The fraction of sp³-hybridized carbons (Fsp3) is 0.250. The molecule has 3 N–H and O–H groups in total. The second kappa shape index (κ2) is 6.80. The maximum atomic E-state index is 13.8. The van der Waals surface area contributed by atoms with Gasteiger partial charge in [-0.25, -0.2) is 4.39 Å². The first-order valence-corrected chi connectivity index (χ1v) is 7.49. The molecule has 21 heavy (non-hydrogen) atoms. The van der Waals surface area contributed by atoms with Crippen molar-refractivity contribution in [2.75, 3.05) is 11.1 Å².